The van der Waals surface area contributed by atoms with Crippen molar-refractivity contribution in [2.45, 2.75) is 38.6 Å². The molecule has 1 saturated heterocycles. The number of benzene rings is 2. The molecule has 3 amide bonds. The van der Waals surface area contributed by atoms with Crippen molar-refractivity contribution >= 4 is 52.3 Å². The Morgan fingerprint density at radius 3 is 2.43 bits per heavy atom. The van der Waals surface area contributed by atoms with Crippen molar-refractivity contribution in [1.82, 2.24) is 4.90 Å². The average molecular weight is 448 g/mol. The molecule has 8 heteroatoms. The highest BCUT2D eigenvalue weighted by Gasteiger charge is 2.32. The van der Waals surface area contributed by atoms with Gasteiger partial charge in [-0.2, -0.15) is 0 Å². The van der Waals surface area contributed by atoms with Gasteiger partial charge in [0.15, 0.2) is 0 Å². The Morgan fingerprint density at radius 2 is 1.77 bits per heavy atom. The van der Waals surface area contributed by atoms with Crippen molar-refractivity contribution in [3.05, 3.63) is 58.1 Å². The third kappa shape index (κ3) is 5.74. The number of amides is 3. The van der Waals surface area contributed by atoms with Gasteiger partial charge >= 0.3 is 0 Å². The second-order valence-electron chi connectivity index (χ2n) is 7.27. The number of carbonyl (C=O) groups is 3. The highest BCUT2D eigenvalue weighted by Crippen LogP contribution is 2.27. The van der Waals surface area contributed by atoms with E-state index in [1.165, 1.54) is 6.92 Å². The Morgan fingerprint density at radius 1 is 1.03 bits per heavy atom. The molecule has 0 saturated carbocycles. The molecule has 2 aromatic carbocycles. The molecule has 30 heavy (non-hydrogen) atoms. The molecule has 2 N–H and O–H groups in total. The molecule has 0 aliphatic carbocycles. The first kappa shape index (κ1) is 22.1. The van der Waals surface area contributed by atoms with E-state index in [0.717, 1.165) is 18.4 Å². The molecule has 0 bridgehead atoms. The zero-order valence-electron chi connectivity index (χ0n) is 16.6. The number of nitrogens with one attached hydrogen (secondary N) is 2. The van der Waals surface area contributed by atoms with Gasteiger partial charge in [-0.3, -0.25) is 14.4 Å². The number of hydrogen-bond acceptors (Lipinski definition) is 3. The summed E-state index contributed by atoms with van der Waals surface area (Å²) >= 11 is 12.1. The lowest BCUT2D eigenvalue weighted by molar-refractivity contribution is -0.139. The average Bonchev–Trinajstić information content (AvgIpc) is 2.71. The molecule has 0 radical (unpaired) electrons. The van der Waals surface area contributed by atoms with Crippen LogP contribution in [-0.4, -0.2) is 35.2 Å². The normalized spacial score (nSPS) is 16.1. The zero-order chi connectivity index (χ0) is 21.7. The summed E-state index contributed by atoms with van der Waals surface area (Å²) in [7, 11) is 0. The van der Waals surface area contributed by atoms with Gasteiger partial charge in [0.1, 0.15) is 6.04 Å². The minimum Gasteiger partial charge on any atom is -0.330 e. The summed E-state index contributed by atoms with van der Waals surface area (Å²) in [6.45, 7) is 1.98. The van der Waals surface area contributed by atoms with Crippen LogP contribution < -0.4 is 10.6 Å². The van der Waals surface area contributed by atoms with E-state index in [4.69, 9.17) is 23.2 Å². The summed E-state index contributed by atoms with van der Waals surface area (Å²) < 4.78 is 0. The lowest BCUT2D eigenvalue weighted by atomic mass is 9.99. The second-order valence-corrected chi connectivity index (χ2v) is 8.11. The fraction of sp³-hybridized carbons (Fsp3) is 0.318. The van der Waals surface area contributed by atoms with Crippen LogP contribution in [0.25, 0.3) is 0 Å². The van der Waals surface area contributed by atoms with E-state index in [0.29, 0.717) is 34.4 Å². The maximum Gasteiger partial charge on any atom is 0.247 e. The van der Waals surface area contributed by atoms with Gasteiger partial charge in [0.05, 0.1) is 17.1 Å². The first-order valence-electron chi connectivity index (χ1n) is 9.75. The Labute approximate surface area is 185 Å². The van der Waals surface area contributed by atoms with Crippen molar-refractivity contribution in [2.24, 2.45) is 0 Å². The topological polar surface area (TPSA) is 78.5 Å². The van der Waals surface area contributed by atoms with Crippen LogP contribution in [0, 0.1) is 0 Å². The van der Waals surface area contributed by atoms with Crippen LogP contribution in [0.15, 0.2) is 42.5 Å². The molecule has 2 aromatic rings. The summed E-state index contributed by atoms with van der Waals surface area (Å²) in [4.78, 5) is 38.6. The van der Waals surface area contributed by atoms with E-state index in [1.807, 2.05) is 0 Å². The van der Waals surface area contributed by atoms with E-state index in [2.05, 4.69) is 10.6 Å². The zero-order valence-corrected chi connectivity index (χ0v) is 18.1. The predicted octanol–water partition coefficient (Wildman–Crippen LogP) is 4.51. The quantitative estimate of drug-likeness (QED) is 0.707. The maximum absolute atomic E-state index is 12.9. The van der Waals surface area contributed by atoms with E-state index in [-0.39, 0.29) is 24.1 Å². The van der Waals surface area contributed by atoms with Crippen LogP contribution in [0.3, 0.4) is 0 Å². The van der Waals surface area contributed by atoms with Crippen molar-refractivity contribution in [3.63, 3.8) is 0 Å². The molecular formula is C22H23Cl2N3O3. The molecular weight excluding hydrogens is 425 g/mol. The van der Waals surface area contributed by atoms with E-state index in [9.17, 15) is 14.4 Å². The third-order valence-corrected chi connectivity index (χ3v) is 5.49. The van der Waals surface area contributed by atoms with Crippen molar-refractivity contribution in [1.29, 1.82) is 0 Å². The number of likely N-dealkylation sites (tertiary alicyclic amines) is 1. The molecule has 1 unspecified atom stereocenters. The SMILES string of the molecule is CC(=O)Nc1ccc(CC(=O)N2CCCCC2C(=O)Nc2ccc(Cl)cc2Cl)cc1. The monoisotopic (exact) mass is 447 g/mol. The summed E-state index contributed by atoms with van der Waals surface area (Å²) in [6.07, 6.45) is 2.52. The lowest BCUT2D eigenvalue weighted by Crippen LogP contribution is -2.50. The second kappa shape index (κ2) is 9.96. The number of nitrogens with zero attached hydrogens (tertiary/aromatic N) is 1. The molecule has 1 atom stereocenters. The van der Waals surface area contributed by atoms with Gasteiger partial charge in [-0.15, -0.1) is 0 Å². The van der Waals surface area contributed by atoms with Gasteiger partial charge in [-0.25, -0.2) is 0 Å². The van der Waals surface area contributed by atoms with Crippen LogP contribution in [0.4, 0.5) is 11.4 Å². The summed E-state index contributed by atoms with van der Waals surface area (Å²) in [5, 5.41) is 6.35. The molecule has 0 spiro atoms. The largest absolute Gasteiger partial charge is 0.330 e. The number of piperidine rings is 1. The smallest absolute Gasteiger partial charge is 0.247 e. The fourth-order valence-corrected chi connectivity index (χ4v) is 3.95. The molecule has 1 aliphatic heterocycles. The van der Waals surface area contributed by atoms with Crippen LogP contribution in [0.5, 0.6) is 0 Å². The number of anilines is 2. The maximum atomic E-state index is 12.9. The summed E-state index contributed by atoms with van der Waals surface area (Å²) in [5.74, 6) is -0.514. The predicted molar refractivity (Wildman–Crippen MR) is 119 cm³/mol. The molecule has 158 valence electrons. The van der Waals surface area contributed by atoms with Crippen LogP contribution >= 0.6 is 23.2 Å². The Balaban J connectivity index is 1.67. The molecule has 0 aromatic heterocycles. The molecule has 6 nitrogen and oxygen atoms in total. The standard InChI is InChI=1S/C22H23Cl2N3O3/c1-14(28)25-17-8-5-15(6-9-17)12-21(29)27-11-3-2-4-20(27)22(30)26-19-10-7-16(23)13-18(19)24/h5-10,13,20H,2-4,11-12H2,1H3,(H,25,28)(H,26,30). The van der Waals surface area contributed by atoms with Crippen LogP contribution in [0.2, 0.25) is 10.0 Å². The van der Waals surface area contributed by atoms with Crippen molar-refractivity contribution < 1.29 is 14.4 Å². The first-order valence-corrected chi connectivity index (χ1v) is 10.5. The number of rotatable bonds is 5. The summed E-state index contributed by atoms with van der Waals surface area (Å²) in [5.41, 5.74) is 1.96. The Kier molecular flexibility index (Phi) is 7.34. The van der Waals surface area contributed by atoms with Crippen molar-refractivity contribution in [2.75, 3.05) is 17.2 Å². The lowest BCUT2D eigenvalue weighted by Gasteiger charge is -2.35. The van der Waals surface area contributed by atoms with Crippen molar-refractivity contribution in [3.8, 4) is 0 Å². The van der Waals surface area contributed by atoms with Gasteiger partial charge < -0.3 is 15.5 Å². The number of halogens is 2. The fourth-order valence-electron chi connectivity index (χ4n) is 3.49. The minimum absolute atomic E-state index is 0.107. The van der Waals surface area contributed by atoms with Gasteiger partial charge in [0.2, 0.25) is 17.7 Å². The Bertz CT molecular complexity index is 947. The minimum atomic E-state index is -0.545. The Hall–Kier alpha value is -2.57. The van der Waals surface area contributed by atoms with Gasteiger partial charge in [-0.1, -0.05) is 35.3 Å². The molecule has 1 aliphatic rings. The number of hydrogen-bond donors (Lipinski definition) is 2. The summed E-state index contributed by atoms with van der Waals surface area (Å²) in [6, 6.07) is 11.4. The molecule has 1 fully saturated rings. The molecule has 3 rings (SSSR count). The highest BCUT2D eigenvalue weighted by molar-refractivity contribution is 6.36. The first-order chi connectivity index (χ1) is 14.3. The van der Waals surface area contributed by atoms with E-state index < -0.39 is 6.04 Å². The van der Waals surface area contributed by atoms with Gasteiger partial charge in [0.25, 0.3) is 0 Å². The van der Waals surface area contributed by atoms with Gasteiger partial charge in [0, 0.05) is 24.2 Å². The highest BCUT2D eigenvalue weighted by atomic mass is 35.5. The number of carbonyl (C=O) groups excluding carboxylic acids is 3. The van der Waals surface area contributed by atoms with Gasteiger partial charge in [-0.05, 0) is 55.2 Å². The van der Waals surface area contributed by atoms with E-state index >= 15 is 0 Å². The molecule has 1 heterocycles. The van der Waals surface area contributed by atoms with Crippen LogP contribution in [-0.2, 0) is 20.8 Å². The van der Waals surface area contributed by atoms with Crippen LogP contribution in [0.1, 0.15) is 31.7 Å². The third-order valence-electron chi connectivity index (χ3n) is 4.94. The van der Waals surface area contributed by atoms with E-state index in [1.54, 1.807) is 47.4 Å².